The number of hydrazone groups is 1. The van der Waals surface area contributed by atoms with Gasteiger partial charge in [-0.05, 0) is 43.5 Å². The highest BCUT2D eigenvalue weighted by Gasteiger charge is 1.95. The Bertz CT molecular complexity index is 466. The molecular formula is C17H25BrN3+. The number of halogens is 1. The van der Waals surface area contributed by atoms with E-state index in [0.29, 0.717) is 0 Å². The van der Waals surface area contributed by atoms with Crippen LogP contribution in [-0.4, -0.2) is 25.1 Å². The minimum absolute atomic E-state index is 1.08. The minimum atomic E-state index is 1.08. The molecule has 0 aromatic heterocycles. The topological polar surface area (TPSA) is 32.2 Å². The Labute approximate surface area is 136 Å². The summed E-state index contributed by atoms with van der Waals surface area (Å²) in [7, 11) is 1.95. The van der Waals surface area contributed by atoms with Crippen LogP contribution in [0.2, 0.25) is 0 Å². The molecule has 0 saturated heterocycles. The number of hydrogen-bond donors (Lipinski definition) is 1. The fourth-order valence-corrected chi connectivity index (χ4v) is 2.11. The van der Waals surface area contributed by atoms with Crippen LogP contribution < -0.4 is 10.3 Å². The number of quaternary nitrogens is 1. The highest BCUT2D eigenvalue weighted by Crippen LogP contribution is 2.10. The molecule has 0 unspecified atom stereocenters. The summed E-state index contributed by atoms with van der Waals surface area (Å²) in [4.78, 5) is 0. The van der Waals surface area contributed by atoms with E-state index >= 15 is 0 Å². The molecule has 0 fully saturated rings. The lowest BCUT2D eigenvalue weighted by Gasteiger charge is -2.12. The van der Waals surface area contributed by atoms with Gasteiger partial charge in [-0.25, -0.2) is 0 Å². The first-order valence-electron chi connectivity index (χ1n) is 7.33. The first-order chi connectivity index (χ1) is 10.3. The Morgan fingerprint density at radius 3 is 2.71 bits per heavy atom. The summed E-state index contributed by atoms with van der Waals surface area (Å²) in [5.74, 6) is 0. The zero-order valence-corrected chi connectivity index (χ0v) is 14.5. The van der Waals surface area contributed by atoms with Crippen molar-refractivity contribution in [2.75, 3.05) is 23.9 Å². The van der Waals surface area contributed by atoms with Gasteiger partial charge in [0.1, 0.15) is 0 Å². The lowest BCUT2D eigenvalue weighted by atomic mass is 10.2. The normalized spacial score (nSPS) is 12.4. The quantitative estimate of drug-likeness (QED) is 0.239. The van der Waals surface area contributed by atoms with Crippen molar-refractivity contribution in [2.45, 2.75) is 19.8 Å². The van der Waals surface area contributed by atoms with Crippen molar-refractivity contribution >= 4 is 27.8 Å². The van der Waals surface area contributed by atoms with Crippen molar-refractivity contribution in [3.63, 3.8) is 0 Å². The summed E-state index contributed by atoms with van der Waals surface area (Å²) in [5, 5.41) is 9.63. The molecule has 0 aliphatic carbocycles. The van der Waals surface area contributed by atoms with Crippen LogP contribution in [0.25, 0.3) is 0 Å². The summed E-state index contributed by atoms with van der Waals surface area (Å²) in [6.45, 7) is 3.15. The summed E-state index contributed by atoms with van der Waals surface area (Å²) in [5.41, 5.74) is 2.18. The molecule has 0 spiro atoms. The first kappa shape index (κ1) is 17.7. The highest BCUT2D eigenvalue weighted by atomic mass is 79.9. The van der Waals surface area contributed by atoms with Crippen LogP contribution in [0.3, 0.4) is 0 Å². The van der Waals surface area contributed by atoms with Crippen LogP contribution in [0.15, 0.2) is 59.4 Å². The standard InChI is InChI=1S/C17H24BrN3/c1-3-16(11-14-19-13-8-7-12-18)15-20-21(2)17-9-5-4-6-10-17/h3-6,9-11,14-15,19H,7-8,12-13H2,1-2H3/p+1/b14-11-,16-3+,20-15+. The molecule has 3 nitrogen and oxygen atoms in total. The van der Waals surface area contributed by atoms with E-state index in [1.54, 1.807) is 0 Å². The number of alkyl halides is 1. The molecule has 4 heteroatoms. The van der Waals surface area contributed by atoms with E-state index in [0.717, 1.165) is 23.1 Å². The maximum absolute atomic E-state index is 4.46. The van der Waals surface area contributed by atoms with Crippen LogP contribution in [0, 0.1) is 0 Å². The van der Waals surface area contributed by atoms with Gasteiger partial charge >= 0.3 is 0 Å². The van der Waals surface area contributed by atoms with E-state index in [4.69, 9.17) is 0 Å². The van der Waals surface area contributed by atoms with Crippen LogP contribution >= 0.6 is 15.9 Å². The molecule has 0 heterocycles. The van der Waals surface area contributed by atoms with Gasteiger partial charge in [0.2, 0.25) is 0 Å². The summed E-state index contributed by atoms with van der Waals surface area (Å²) in [6, 6.07) is 10.1. The van der Waals surface area contributed by atoms with Gasteiger partial charge in [-0.1, -0.05) is 40.2 Å². The number of rotatable bonds is 9. The van der Waals surface area contributed by atoms with Gasteiger partial charge in [0.15, 0.2) is 0 Å². The van der Waals surface area contributed by atoms with Crippen molar-refractivity contribution in [2.24, 2.45) is 5.10 Å². The Balaban J connectivity index is 2.43. The third kappa shape index (κ3) is 7.83. The van der Waals surface area contributed by atoms with Gasteiger partial charge in [0.05, 0.1) is 24.6 Å². The molecule has 1 aromatic carbocycles. The van der Waals surface area contributed by atoms with Crippen LogP contribution in [0.5, 0.6) is 0 Å². The summed E-state index contributed by atoms with van der Waals surface area (Å²) in [6.07, 6.45) is 10.6. The average Bonchev–Trinajstić information content (AvgIpc) is 2.54. The molecule has 0 aliphatic rings. The number of unbranched alkanes of at least 4 members (excludes halogenated alkanes) is 1. The Morgan fingerprint density at radius 2 is 2.05 bits per heavy atom. The third-order valence-corrected chi connectivity index (χ3v) is 3.58. The molecule has 0 amide bonds. The lowest BCUT2D eigenvalue weighted by Crippen LogP contribution is -2.78. The molecule has 0 bridgehead atoms. The number of nitrogens with zero attached hydrogens (tertiary/aromatic N) is 2. The summed E-state index contributed by atoms with van der Waals surface area (Å²) < 4.78 is 0. The second-order valence-electron chi connectivity index (χ2n) is 4.67. The number of hydrogen-bond acceptors (Lipinski definition) is 2. The van der Waals surface area contributed by atoms with Crippen molar-refractivity contribution < 1.29 is 5.32 Å². The van der Waals surface area contributed by atoms with E-state index in [-0.39, 0.29) is 0 Å². The predicted molar refractivity (Wildman–Crippen MR) is 96.1 cm³/mol. The van der Waals surface area contributed by atoms with Gasteiger partial charge in [-0.15, -0.1) is 0 Å². The maximum Gasteiger partial charge on any atom is 0.0932 e. The largest absolute Gasteiger partial charge is 0.320 e. The van der Waals surface area contributed by atoms with E-state index in [9.17, 15) is 0 Å². The number of para-hydroxylation sites is 1. The van der Waals surface area contributed by atoms with E-state index in [2.05, 4.69) is 44.7 Å². The molecule has 0 radical (unpaired) electrons. The first-order valence-corrected chi connectivity index (χ1v) is 8.45. The molecule has 1 aromatic rings. The monoisotopic (exact) mass is 350 g/mol. The highest BCUT2D eigenvalue weighted by molar-refractivity contribution is 9.09. The smallest absolute Gasteiger partial charge is 0.0932 e. The zero-order valence-electron chi connectivity index (χ0n) is 12.9. The molecular weight excluding hydrogens is 326 g/mol. The van der Waals surface area contributed by atoms with Crippen molar-refractivity contribution in [3.05, 3.63) is 54.3 Å². The van der Waals surface area contributed by atoms with Crippen LogP contribution in [-0.2, 0) is 0 Å². The van der Waals surface area contributed by atoms with Crippen LogP contribution in [0.4, 0.5) is 5.69 Å². The van der Waals surface area contributed by atoms with Gasteiger partial charge in [-0.3, -0.25) is 5.01 Å². The van der Waals surface area contributed by atoms with E-state index in [1.807, 2.05) is 55.5 Å². The molecule has 114 valence electrons. The lowest BCUT2D eigenvalue weighted by molar-refractivity contribution is -0.588. The molecule has 0 saturated carbocycles. The second-order valence-corrected chi connectivity index (χ2v) is 5.46. The van der Waals surface area contributed by atoms with E-state index < -0.39 is 0 Å². The number of allylic oxidation sites excluding steroid dienone is 3. The number of benzene rings is 1. The Kier molecular flexibility index (Phi) is 9.49. The Hall–Kier alpha value is -1.39. The minimum Gasteiger partial charge on any atom is -0.320 e. The SMILES string of the molecule is C/C=C(\C=C/[NH2+]CCCCBr)/C=N/N(C)c1ccccc1. The molecule has 21 heavy (non-hydrogen) atoms. The van der Waals surface area contributed by atoms with E-state index in [1.165, 1.54) is 12.8 Å². The fourth-order valence-electron chi connectivity index (χ4n) is 1.71. The average molecular weight is 351 g/mol. The molecule has 2 N–H and O–H groups in total. The van der Waals surface area contributed by atoms with Crippen molar-refractivity contribution in [1.29, 1.82) is 0 Å². The molecule has 0 aliphatic heterocycles. The number of nitrogens with two attached hydrogens (primary N) is 1. The van der Waals surface area contributed by atoms with Crippen molar-refractivity contribution in [3.8, 4) is 0 Å². The van der Waals surface area contributed by atoms with Gasteiger partial charge in [-0.2, -0.15) is 5.10 Å². The van der Waals surface area contributed by atoms with Gasteiger partial charge < -0.3 is 5.32 Å². The van der Waals surface area contributed by atoms with Gasteiger partial charge in [0, 0.05) is 12.4 Å². The van der Waals surface area contributed by atoms with Crippen LogP contribution in [0.1, 0.15) is 19.8 Å². The molecule has 1 rings (SSSR count). The van der Waals surface area contributed by atoms with Crippen molar-refractivity contribution in [1.82, 2.24) is 0 Å². The second kappa shape index (κ2) is 11.3. The fraction of sp³-hybridized carbons (Fsp3) is 0.353. The van der Waals surface area contributed by atoms with Gasteiger partial charge in [0.25, 0.3) is 0 Å². The predicted octanol–water partition coefficient (Wildman–Crippen LogP) is 3.31. The summed E-state index contributed by atoms with van der Waals surface area (Å²) >= 11 is 3.44. The number of anilines is 1. The third-order valence-electron chi connectivity index (χ3n) is 3.02. The molecule has 0 atom stereocenters. The Morgan fingerprint density at radius 1 is 1.29 bits per heavy atom. The zero-order chi connectivity index (χ0) is 15.3. The maximum atomic E-state index is 4.46.